The Bertz CT molecular complexity index is 427. The van der Waals surface area contributed by atoms with Crippen LogP contribution in [-0.4, -0.2) is 25.0 Å². The molecule has 0 spiro atoms. The Balaban J connectivity index is 2.05. The van der Waals surface area contributed by atoms with Crippen LogP contribution in [0.25, 0.3) is 0 Å². The number of hydrogen-bond donors (Lipinski definition) is 0. The predicted molar refractivity (Wildman–Crippen MR) is 71.5 cm³/mol. The molecule has 0 heterocycles. The number of methoxy groups -OCH3 is 1. The zero-order valence-electron chi connectivity index (χ0n) is 11.5. The lowest BCUT2D eigenvalue weighted by Gasteiger charge is -2.25. The topological polar surface area (TPSA) is 29.5 Å². The molecule has 1 aromatic carbocycles. The van der Waals surface area contributed by atoms with E-state index in [0.29, 0.717) is 5.92 Å². The van der Waals surface area contributed by atoms with Crippen molar-refractivity contribution in [2.24, 2.45) is 11.8 Å². The molecule has 0 N–H and O–H groups in total. The maximum Gasteiger partial charge on any atom is 0.226 e. The second-order valence-corrected chi connectivity index (χ2v) is 5.22. The maximum absolute atomic E-state index is 12.2. The molecule has 0 saturated heterocycles. The standard InChI is InChI=1S/C15H21NO2/c1-10-9-14(10)15(17)16(3)11(2)12-5-7-13(18-4)8-6-12/h5-8,10-11,14H,9H2,1-4H3. The highest BCUT2D eigenvalue weighted by Crippen LogP contribution is 2.40. The van der Waals surface area contributed by atoms with Gasteiger partial charge in [-0.25, -0.2) is 0 Å². The predicted octanol–water partition coefficient (Wildman–Crippen LogP) is 2.87. The van der Waals surface area contributed by atoms with Crippen molar-refractivity contribution in [3.8, 4) is 5.75 Å². The number of ether oxygens (including phenoxy) is 1. The molecule has 0 radical (unpaired) electrons. The van der Waals surface area contributed by atoms with Crippen molar-refractivity contribution in [3.05, 3.63) is 29.8 Å². The van der Waals surface area contributed by atoms with Crippen molar-refractivity contribution >= 4 is 5.91 Å². The van der Waals surface area contributed by atoms with Gasteiger partial charge in [-0.2, -0.15) is 0 Å². The lowest BCUT2D eigenvalue weighted by atomic mass is 10.1. The molecule has 0 aromatic heterocycles. The van der Waals surface area contributed by atoms with Crippen LogP contribution >= 0.6 is 0 Å². The Morgan fingerprint density at radius 3 is 2.39 bits per heavy atom. The molecule has 2 rings (SSSR count). The number of nitrogens with zero attached hydrogens (tertiary/aromatic N) is 1. The van der Waals surface area contributed by atoms with Crippen LogP contribution in [-0.2, 0) is 4.79 Å². The van der Waals surface area contributed by atoms with Gasteiger partial charge in [-0.3, -0.25) is 4.79 Å². The van der Waals surface area contributed by atoms with Gasteiger partial charge >= 0.3 is 0 Å². The van der Waals surface area contributed by atoms with Crippen LogP contribution in [0.4, 0.5) is 0 Å². The molecule has 1 aliphatic rings. The van der Waals surface area contributed by atoms with Crippen molar-refractivity contribution < 1.29 is 9.53 Å². The average molecular weight is 247 g/mol. The highest BCUT2D eigenvalue weighted by Gasteiger charge is 2.41. The van der Waals surface area contributed by atoms with Crippen LogP contribution in [0.5, 0.6) is 5.75 Å². The molecule has 3 atom stereocenters. The number of benzene rings is 1. The molecular weight excluding hydrogens is 226 g/mol. The SMILES string of the molecule is COc1ccc(C(C)N(C)C(=O)C2CC2C)cc1. The van der Waals surface area contributed by atoms with Crippen molar-refractivity contribution in [2.45, 2.75) is 26.3 Å². The Morgan fingerprint density at radius 1 is 1.39 bits per heavy atom. The van der Waals surface area contributed by atoms with E-state index >= 15 is 0 Å². The minimum atomic E-state index is 0.108. The summed E-state index contributed by atoms with van der Waals surface area (Å²) < 4.78 is 5.14. The summed E-state index contributed by atoms with van der Waals surface area (Å²) in [5.74, 6) is 1.92. The van der Waals surface area contributed by atoms with Gasteiger partial charge in [0.25, 0.3) is 0 Å². The van der Waals surface area contributed by atoms with Crippen LogP contribution < -0.4 is 4.74 Å². The summed E-state index contributed by atoms with van der Waals surface area (Å²) in [5, 5.41) is 0. The van der Waals surface area contributed by atoms with Crippen molar-refractivity contribution in [3.63, 3.8) is 0 Å². The van der Waals surface area contributed by atoms with Gasteiger partial charge in [0.05, 0.1) is 13.2 Å². The van der Waals surface area contributed by atoms with Gasteiger partial charge < -0.3 is 9.64 Å². The lowest BCUT2D eigenvalue weighted by molar-refractivity contribution is -0.133. The number of carbonyl (C=O) groups excluding carboxylic acids is 1. The van der Waals surface area contributed by atoms with Gasteiger partial charge in [0.2, 0.25) is 5.91 Å². The summed E-state index contributed by atoms with van der Waals surface area (Å²) in [7, 11) is 3.55. The molecule has 1 aromatic rings. The molecule has 3 nitrogen and oxygen atoms in total. The molecule has 1 fully saturated rings. The Kier molecular flexibility index (Phi) is 3.60. The molecule has 18 heavy (non-hydrogen) atoms. The third-order valence-electron chi connectivity index (χ3n) is 3.95. The number of rotatable bonds is 4. The Hall–Kier alpha value is -1.51. The average Bonchev–Trinajstić information content (AvgIpc) is 3.13. The summed E-state index contributed by atoms with van der Waals surface area (Å²) in [6, 6.07) is 8.01. The smallest absolute Gasteiger partial charge is 0.226 e. The van der Waals surface area contributed by atoms with Gasteiger partial charge in [0.1, 0.15) is 5.75 Å². The summed E-state index contributed by atoms with van der Waals surface area (Å²) in [4.78, 5) is 14.0. The van der Waals surface area contributed by atoms with Crippen LogP contribution in [0.3, 0.4) is 0 Å². The third kappa shape index (κ3) is 2.50. The molecule has 1 aliphatic carbocycles. The molecule has 0 aliphatic heterocycles. The van der Waals surface area contributed by atoms with E-state index in [1.165, 1.54) is 0 Å². The molecule has 1 saturated carbocycles. The van der Waals surface area contributed by atoms with Gasteiger partial charge in [0, 0.05) is 13.0 Å². The highest BCUT2D eigenvalue weighted by atomic mass is 16.5. The van der Waals surface area contributed by atoms with Crippen molar-refractivity contribution in [1.82, 2.24) is 4.90 Å². The van der Waals surface area contributed by atoms with Crippen LogP contribution in [0, 0.1) is 11.8 Å². The van der Waals surface area contributed by atoms with E-state index in [-0.39, 0.29) is 17.9 Å². The molecule has 0 bridgehead atoms. The zero-order chi connectivity index (χ0) is 13.3. The zero-order valence-corrected chi connectivity index (χ0v) is 11.5. The minimum Gasteiger partial charge on any atom is -0.497 e. The molecule has 3 unspecified atom stereocenters. The van der Waals surface area contributed by atoms with Gasteiger partial charge in [0.15, 0.2) is 0 Å². The highest BCUT2D eigenvalue weighted by molar-refractivity contribution is 5.81. The van der Waals surface area contributed by atoms with E-state index in [4.69, 9.17) is 4.74 Å². The fourth-order valence-corrected chi connectivity index (χ4v) is 2.22. The summed E-state index contributed by atoms with van der Waals surface area (Å²) in [6.45, 7) is 4.20. The van der Waals surface area contributed by atoms with E-state index in [2.05, 4.69) is 13.8 Å². The summed E-state index contributed by atoms with van der Waals surface area (Å²) in [6.07, 6.45) is 1.04. The van der Waals surface area contributed by atoms with E-state index in [9.17, 15) is 4.79 Å². The van der Waals surface area contributed by atoms with Crippen LogP contribution in [0.2, 0.25) is 0 Å². The van der Waals surface area contributed by atoms with Gasteiger partial charge in [-0.15, -0.1) is 0 Å². The van der Waals surface area contributed by atoms with Crippen LogP contribution in [0.1, 0.15) is 31.9 Å². The van der Waals surface area contributed by atoms with E-state index < -0.39 is 0 Å². The molecule has 3 heteroatoms. The first-order valence-electron chi connectivity index (χ1n) is 6.45. The third-order valence-corrected chi connectivity index (χ3v) is 3.95. The molecular formula is C15H21NO2. The fourth-order valence-electron chi connectivity index (χ4n) is 2.22. The minimum absolute atomic E-state index is 0.108. The van der Waals surface area contributed by atoms with E-state index in [1.807, 2.05) is 36.2 Å². The molecule has 98 valence electrons. The second kappa shape index (κ2) is 5.01. The van der Waals surface area contributed by atoms with Crippen molar-refractivity contribution in [2.75, 3.05) is 14.2 Å². The largest absolute Gasteiger partial charge is 0.497 e. The Morgan fingerprint density at radius 2 is 1.94 bits per heavy atom. The summed E-state index contributed by atoms with van der Waals surface area (Å²) >= 11 is 0. The van der Waals surface area contributed by atoms with Crippen LogP contribution in [0.15, 0.2) is 24.3 Å². The number of amides is 1. The first kappa shape index (κ1) is 12.9. The number of carbonyl (C=O) groups is 1. The number of hydrogen-bond acceptors (Lipinski definition) is 2. The maximum atomic E-state index is 12.2. The molecule has 1 amide bonds. The fraction of sp³-hybridized carbons (Fsp3) is 0.533. The first-order chi connectivity index (χ1) is 8.54. The van der Waals surface area contributed by atoms with E-state index in [1.54, 1.807) is 7.11 Å². The van der Waals surface area contributed by atoms with Crippen molar-refractivity contribution in [1.29, 1.82) is 0 Å². The summed E-state index contributed by atoms with van der Waals surface area (Å²) in [5.41, 5.74) is 1.14. The van der Waals surface area contributed by atoms with E-state index in [0.717, 1.165) is 17.7 Å². The normalized spacial score (nSPS) is 23.3. The monoisotopic (exact) mass is 247 g/mol. The Labute approximate surface area is 109 Å². The van der Waals surface area contributed by atoms with Gasteiger partial charge in [-0.05, 0) is 37.0 Å². The second-order valence-electron chi connectivity index (χ2n) is 5.22. The first-order valence-corrected chi connectivity index (χ1v) is 6.45. The van der Waals surface area contributed by atoms with Gasteiger partial charge in [-0.1, -0.05) is 19.1 Å². The lowest BCUT2D eigenvalue weighted by Crippen LogP contribution is -2.31. The quantitative estimate of drug-likeness (QED) is 0.818.